The molecular weight excluding hydrogens is 194 g/mol. The number of hydrogen-bond donors (Lipinski definition) is 3. The van der Waals surface area contributed by atoms with E-state index < -0.39 is 12.1 Å². The van der Waals surface area contributed by atoms with Gasteiger partial charge in [-0.05, 0) is 20.3 Å². The van der Waals surface area contributed by atoms with Gasteiger partial charge in [0.1, 0.15) is 6.04 Å². The average molecular weight is 215 g/mol. The first-order valence-corrected chi connectivity index (χ1v) is 5.32. The molecule has 0 spiro atoms. The largest absolute Gasteiger partial charge is 0.354 e. The summed E-state index contributed by atoms with van der Waals surface area (Å²) in [6.45, 7) is 5.92. The van der Waals surface area contributed by atoms with Crippen LogP contribution in [0, 0.1) is 0 Å². The lowest BCUT2D eigenvalue weighted by atomic mass is 10.2. The summed E-state index contributed by atoms with van der Waals surface area (Å²) < 4.78 is 0. The fraction of sp³-hybridized carbons (Fsp3) is 0.800. The maximum Gasteiger partial charge on any atom is 0.242 e. The van der Waals surface area contributed by atoms with Gasteiger partial charge in [-0.3, -0.25) is 9.59 Å². The van der Waals surface area contributed by atoms with Gasteiger partial charge < -0.3 is 16.4 Å². The normalized spacial score (nSPS) is 14.1. The Morgan fingerprint density at radius 3 is 2.33 bits per heavy atom. The molecule has 88 valence electrons. The van der Waals surface area contributed by atoms with Gasteiger partial charge in [0.25, 0.3) is 0 Å². The van der Waals surface area contributed by atoms with Crippen molar-refractivity contribution in [2.24, 2.45) is 5.73 Å². The number of rotatable bonds is 6. The van der Waals surface area contributed by atoms with Crippen molar-refractivity contribution in [2.45, 2.75) is 45.7 Å². The van der Waals surface area contributed by atoms with Gasteiger partial charge in [0.2, 0.25) is 11.8 Å². The van der Waals surface area contributed by atoms with Gasteiger partial charge in [0, 0.05) is 6.54 Å². The van der Waals surface area contributed by atoms with Crippen LogP contribution in [-0.4, -0.2) is 30.4 Å². The monoisotopic (exact) mass is 215 g/mol. The molecule has 0 aromatic carbocycles. The molecule has 0 aliphatic carbocycles. The Hall–Kier alpha value is -1.10. The minimum Gasteiger partial charge on any atom is -0.354 e. The summed E-state index contributed by atoms with van der Waals surface area (Å²) in [4.78, 5) is 22.6. The molecule has 5 heteroatoms. The maximum atomic E-state index is 11.4. The second-order valence-corrected chi connectivity index (χ2v) is 3.66. The van der Waals surface area contributed by atoms with Gasteiger partial charge in [-0.25, -0.2) is 0 Å². The minimum absolute atomic E-state index is 0.169. The SMILES string of the molecule is CCCCNC(=O)C(C)NC(=O)C(C)N. The lowest BCUT2D eigenvalue weighted by Gasteiger charge is -2.15. The van der Waals surface area contributed by atoms with Crippen molar-refractivity contribution in [3.63, 3.8) is 0 Å². The first kappa shape index (κ1) is 13.9. The zero-order chi connectivity index (χ0) is 11.8. The number of amides is 2. The number of nitrogens with two attached hydrogens (primary N) is 1. The zero-order valence-corrected chi connectivity index (χ0v) is 9.67. The van der Waals surface area contributed by atoms with Crippen molar-refractivity contribution in [3.8, 4) is 0 Å². The number of carbonyl (C=O) groups is 2. The van der Waals surface area contributed by atoms with Crippen LogP contribution in [0.3, 0.4) is 0 Å². The van der Waals surface area contributed by atoms with Crippen LogP contribution < -0.4 is 16.4 Å². The number of unbranched alkanes of at least 4 members (excludes halogenated alkanes) is 1. The summed E-state index contributed by atoms with van der Waals surface area (Å²) in [5.41, 5.74) is 5.36. The molecule has 5 nitrogen and oxygen atoms in total. The Kier molecular flexibility index (Phi) is 6.70. The molecule has 0 heterocycles. The van der Waals surface area contributed by atoms with Crippen LogP contribution in [0.1, 0.15) is 33.6 Å². The Bertz CT molecular complexity index is 217. The highest BCUT2D eigenvalue weighted by Crippen LogP contribution is 1.87. The van der Waals surface area contributed by atoms with Gasteiger partial charge in [-0.1, -0.05) is 13.3 Å². The minimum atomic E-state index is -0.587. The van der Waals surface area contributed by atoms with E-state index in [1.54, 1.807) is 13.8 Å². The van der Waals surface area contributed by atoms with Crippen LogP contribution >= 0.6 is 0 Å². The number of hydrogen-bond acceptors (Lipinski definition) is 3. The molecule has 2 atom stereocenters. The molecule has 0 radical (unpaired) electrons. The summed E-state index contributed by atoms with van der Waals surface area (Å²) in [6.07, 6.45) is 1.97. The molecule has 0 saturated heterocycles. The van der Waals surface area contributed by atoms with Gasteiger partial charge in [-0.2, -0.15) is 0 Å². The molecule has 15 heavy (non-hydrogen) atoms. The van der Waals surface area contributed by atoms with E-state index in [-0.39, 0.29) is 11.8 Å². The summed E-state index contributed by atoms with van der Waals surface area (Å²) in [5.74, 6) is -0.481. The zero-order valence-electron chi connectivity index (χ0n) is 9.67. The maximum absolute atomic E-state index is 11.4. The molecule has 2 amide bonds. The van der Waals surface area contributed by atoms with Crippen LogP contribution in [0.2, 0.25) is 0 Å². The second kappa shape index (κ2) is 7.23. The highest BCUT2D eigenvalue weighted by molar-refractivity contribution is 5.89. The highest BCUT2D eigenvalue weighted by atomic mass is 16.2. The number of carbonyl (C=O) groups excluding carboxylic acids is 2. The van der Waals surface area contributed by atoms with E-state index in [2.05, 4.69) is 10.6 Å². The lowest BCUT2D eigenvalue weighted by Crippen LogP contribution is -2.49. The Balaban J connectivity index is 3.83. The molecule has 0 saturated carbocycles. The molecule has 0 rings (SSSR count). The van der Waals surface area contributed by atoms with E-state index in [1.807, 2.05) is 6.92 Å². The smallest absolute Gasteiger partial charge is 0.242 e. The van der Waals surface area contributed by atoms with Gasteiger partial charge in [0.05, 0.1) is 6.04 Å². The second-order valence-electron chi connectivity index (χ2n) is 3.66. The van der Waals surface area contributed by atoms with Crippen molar-refractivity contribution in [1.82, 2.24) is 10.6 Å². The van der Waals surface area contributed by atoms with Gasteiger partial charge in [0.15, 0.2) is 0 Å². The van der Waals surface area contributed by atoms with E-state index in [0.29, 0.717) is 6.54 Å². The van der Waals surface area contributed by atoms with E-state index in [1.165, 1.54) is 0 Å². The van der Waals surface area contributed by atoms with Gasteiger partial charge >= 0.3 is 0 Å². The summed E-state index contributed by atoms with van der Waals surface area (Å²) >= 11 is 0. The van der Waals surface area contributed by atoms with Crippen LogP contribution in [0.15, 0.2) is 0 Å². The highest BCUT2D eigenvalue weighted by Gasteiger charge is 2.16. The van der Waals surface area contributed by atoms with E-state index in [0.717, 1.165) is 12.8 Å². The average Bonchev–Trinajstić information content (AvgIpc) is 2.17. The number of nitrogens with one attached hydrogen (secondary N) is 2. The fourth-order valence-corrected chi connectivity index (χ4v) is 0.952. The van der Waals surface area contributed by atoms with Crippen molar-refractivity contribution >= 4 is 11.8 Å². The summed E-state index contributed by atoms with van der Waals surface area (Å²) in [6, 6.07) is -1.11. The van der Waals surface area contributed by atoms with Gasteiger partial charge in [-0.15, -0.1) is 0 Å². The van der Waals surface area contributed by atoms with Crippen molar-refractivity contribution in [2.75, 3.05) is 6.54 Å². The Morgan fingerprint density at radius 2 is 1.87 bits per heavy atom. The third kappa shape index (κ3) is 6.06. The predicted molar refractivity (Wildman–Crippen MR) is 59.2 cm³/mol. The summed E-state index contributed by atoms with van der Waals surface area (Å²) in [5, 5.41) is 5.26. The Labute approximate surface area is 90.8 Å². The van der Waals surface area contributed by atoms with E-state index in [4.69, 9.17) is 5.73 Å². The van der Waals surface area contributed by atoms with Crippen molar-refractivity contribution in [1.29, 1.82) is 0 Å². The first-order valence-electron chi connectivity index (χ1n) is 5.32. The Morgan fingerprint density at radius 1 is 1.27 bits per heavy atom. The van der Waals surface area contributed by atoms with Crippen LogP contribution in [-0.2, 0) is 9.59 Å². The first-order chi connectivity index (χ1) is 6.99. The molecule has 0 fully saturated rings. The van der Waals surface area contributed by atoms with Crippen LogP contribution in [0.5, 0.6) is 0 Å². The predicted octanol–water partition coefficient (Wildman–Crippen LogP) is -0.245. The molecule has 0 aliphatic rings. The molecule has 0 aliphatic heterocycles. The molecule has 0 aromatic heterocycles. The molecule has 2 unspecified atom stereocenters. The molecule has 4 N–H and O–H groups in total. The van der Waals surface area contributed by atoms with E-state index >= 15 is 0 Å². The quantitative estimate of drug-likeness (QED) is 0.534. The molecule has 0 aromatic rings. The molecule has 0 bridgehead atoms. The van der Waals surface area contributed by atoms with Crippen molar-refractivity contribution in [3.05, 3.63) is 0 Å². The van der Waals surface area contributed by atoms with E-state index in [9.17, 15) is 9.59 Å². The lowest BCUT2D eigenvalue weighted by molar-refractivity contribution is -0.129. The molecular formula is C10H21N3O2. The van der Waals surface area contributed by atoms with Crippen molar-refractivity contribution < 1.29 is 9.59 Å². The standard InChI is InChI=1S/C10H21N3O2/c1-4-5-6-12-10(15)8(3)13-9(14)7(2)11/h7-8H,4-6,11H2,1-3H3,(H,12,15)(H,13,14). The third-order valence-electron chi connectivity index (χ3n) is 2.00. The fourth-order valence-electron chi connectivity index (χ4n) is 0.952. The third-order valence-corrected chi connectivity index (χ3v) is 2.00. The van der Waals surface area contributed by atoms with Crippen LogP contribution in [0.25, 0.3) is 0 Å². The summed E-state index contributed by atoms with van der Waals surface area (Å²) in [7, 11) is 0. The topological polar surface area (TPSA) is 84.2 Å². The van der Waals surface area contributed by atoms with Crippen LogP contribution in [0.4, 0.5) is 0 Å².